The molecule has 0 amide bonds. The largest absolute Gasteiger partial charge is 0.480 e. The molecule has 0 unspecified atom stereocenters. The molecule has 0 aliphatic rings. The number of hydrogen-bond donors (Lipinski definition) is 2. The average Bonchev–Trinajstić information content (AvgIpc) is 2.01. The molecule has 2 N–H and O–H groups in total. The van der Waals surface area contributed by atoms with Crippen molar-refractivity contribution in [2.45, 2.75) is 19.9 Å². The SMILES string of the molecule is CCOC(=O)CS(=O)(=O)N[C@@H](C)C(=O)O. The summed E-state index contributed by atoms with van der Waals surface area (Å²) in [6.07, 6.45) is 0. The number of carbonyl (C=O) groups excluding carboxylic acids is 1. The van der Waals surface area contributed by atoms with Gasteiger partial charge in [-0.3, -0.25) is 9.59 Å². The highest BCUT2D eigenvalue weighted by Crippen LogP contribution is 1.92. The molecule has 8 heteroatoms. The van der Waals surface area contributed by atoms with E-state index in [0.29, 0.717) is 0 Å². The first-order valence-electron chi connectivity index (χ1n) is 4.17. The van der Waals surface area contributed by atoms with E-state index in [-0.39, 0.29) is 6.61 Å². The topological polar surface area (TPSA) is 110 Å². The Labute approximate surface area is 87.5 Å². The molecule has 0 bridgehead atoms. The molecule has 1 atom stereocenters. The monoisotopic (exact) mass is 239 g/mol. The quantitative estimate of drug-likeness (QED) is 0.572. The molecule has 0 aliphatic heterocycles. The van der Waals surface area contributed by atoms with Gasteiger partial charge in [0.2, 0.25) is 10.0 Å². The van der Waals surface area contributed by atoms with Crippen LogP contribution in [-0.4, -0.2) is 43.9 Å². The number of ether oxygens (including phenoxy) is 1. The highest BCUT2D eigenvalue weighted by Gasteiger charge is 2.22. The number of esters is 1. The van der Waals surface area contributed by atoms with Crippen molar-refractivity contribution in [1.82, 2.24) is 4.72 Å². The maximum absolute atomic E-state index is 11.2. The first-order valence-corrected chi connectivity index (χ1v) is 5.82. The second kappa shape index (κ2) is 5.66. The summed E-state index contributed by atoms with van der Waals surface area (Å²) in [5.41, 5.74) is 0. The zero-order valence-corrected chi connectivity index (χ0v) is 9.20. The minimum absolute atomic E-state index is 0.0723. The van der Waals surface area contributed by atoms with Crippen LogP contribution < -0.4 is 4.72 Å². The molecule has 0 rings (SSSR count). The van der Waals surface area contributed by atoms with Crippen LogP contribution >= 0.6 is 0 Å². The molecule has 7 nitrogen and oxygen atoms in total. The lowest BCUT2D eigenvalue weighted by Crippen LogP contribution is -2.41. The highest BCUT2D eigenvalue weighted by atomic mass is 32.2. The van der Waals surface area contributed by atoms with Crippen molar-refractivity contribution >= 4 is 22.0 Å². The van der Waals surface area contributed by atoms with Gasteiger partial charge in [0, 0.05) is 0 Å². The van der Waals surface area contributed by atoms with E-state index in [4.69, 9.17) is 5.11 Å². The van der Waals surface area contributed by atoms with Gasteiger partial charge in [0.15, 0.2) is 5.75 Å². The number of sulfonamides is 1. The molecule has 0 saturated heterocycles. The van der Waals surface area contributed by atoms with Crippen LogP contribution in [0.5, 0.6) is 0 Å². The third-order valence-corrected chi connectivity index (χ3v) is 2.67. The Bertz CT molecular complexity index is 335. The van der Waals surface area contributed by atoms with Crippen molar-refractivity contribution in [2.24, 2.45) is 0 Å². The summed E-state index contributed by atoms with van der Waals surface area (Å²) in [6.45, 7) is 2.77. The molecule has 0 aliphatic carbocycles. The molecule has 15 heavy (non-hydrogen) atoms. The Morgan fingerprint density at radius 2 is 2.00 bits per heavy atom. The number of carboxylic acid groups (broad SMARTS) is 1. The van der Waals surface area contributed by atoms with E-state index in [0.717, 1.165) is 6.92 Å². The second-order valence-electron chi connectivity index (χ2n) is 2.74. The van der Waals surface area contributed by atoms with E-state index in [1.165, 1.54) is 6.92 Å². The van der Waals surface area contributed by atoms with Gasteiger partial charge in [0.1, 0.15) is 6.04 Å². The van der Waals surface area contributed by atoms with E-state index in [9.17, 15) is 18.0 Å². The van der Waals surface area contributed by atoms with Gasteiger partial charge in [0.05, 0.1) is 6.61 Å². The lowest BCUT2D eigenvalue weighted by molar-refractivity contribution is -0.140. The first kappa shape index (κ1) is 13.8. The van der Waals surface area contributed by atoms with Crippen molar-refractivity contribution in [2.75, 3.05) is 12.4 Å². The number of aliphatic carboxylic acids is 1. The Kier molecular flexibility index (Phi) is 5.23. The fourth-order valence-corrected chi connectivity index (χ4v) is 1.84. The molecular weight excluding hydrogens is 226 g/mol. The van der Waals surface area contributed by atoms with E-state index >= 15 is 0 Å². The standard InChI is InChI=1S/C7H13NO6S/c1-3-14-6(9)4-15(12,13)8-5(2)7(10)11/h5,8H,3-4H2,1-2H3,(H,10,11)/t5-/m0/s1. The molecule has 0 aromatic rings. The van der Waals surface area contributed by atoms with E-state index < -0.39 is 33.8 Å². The average molecular weight is 239 g/mol. The minimum Gasteiger partial charge on any atom is -0.480 e. The van der Waals surface area contributed by atoms with E-state index in [1.54, 1.807) is 0 Å². The normalized spacial score (nSPS) is 13.2. The maximum atomic E-state index is 11.2. The fraction of sp³-hybridized carbons (Fsp3) is 0.714. The minimum atomic E-state index is -3.95. The van der Waals surface area contributed by atoms with Crippen molar-refractivity contribution in [3.05, 3.63) is 0 Å². The lowest BCUT2D eigenvalue weighted by Gasteiger charge is -2.09. The van der Waals surface area contributed by atoms with E-state index in [1.807, 2.05) is 4.72 Å². The van der Waals surface area contributed by atoms with Gasteiger partial charge in [-0.15, -0.1) is 0 Å². The van der Waals surface area contributed by atoms with Crippen LogP contribution in [0.3, 0.4) is 0 Å². The molecule has 0 radical (unpaired) electrons. The smallest absolute Gasteiger partial charge is 0.322 e. The third kappa shape index (κ3) is 6.02. The Balaban J connectivity index is 4.32. The molecule has 0 aromatic heterocycles. The zero-order valence-electron chi connectivity index (χ0n) is 8.39. The fourth-order valence-electron chi connectivity index (χ4n) is 0.719. The van der Waals surface area contributed by atoms with Crippen molar-refractivity contribution in [3.8, 4) is 0 Å². The van der Waals surface area contributed by atoms with Crippen molar-refractivity contribution < 1.29 is 27.9 Å². The first-order chi connectivity index (χ1) is 6.78. The summed E-state index contributed by atoms with van der Waals surface area (Å²) in [4.78, 5) is 21.2. The van der Waals surface area contributed by atoms with Crippen LogP contribution in [0.15, 0.2) is 0 Å². The van der Waals surface area contributed by atoms with Gasteiger partial charge < -0.3 is 9.84 Å². The lowest BCUT2D eigenvalue weighted by atomic mass is 10.4. The van der Waals surface area contributed by atoms with Crippen molar-refractivity contribution in [3.63, 3.8) is 0 Å². The summed E-state index contributed by atoms with van der Waals surface area (Å²) in [5, 5.41) is 8.44. The summed E-state index contributed by atoms with van der Waals surface area (Å²) >= 11 is 0. The maximum Gasteiger partial charge on any atom is 0.322 e. The van der Waals surface area contributed by atoms with Crippen LogP contribution in [0, 0.1) is 0 Å². The van der Waals surface area contributed by atoms with Gasteiger partial charge in [-0.25, -0.2) is 13.1 Å². The molecular formula is C7H13NO6S. The number of carbonyl (C=O) groups is 2. The molecule has 88 valence electrons. The number of nitrogens with one attached hydrogen (secondary N) is 1. The summed E-state index contributed by atoms with van der Waals surface area (Å²) in [5.74, 6) is -3.11. The van der Waals surface area contributed by atoms with Crippen LogP contribution in [0.4, 0.5) is 0 Å². The van der Waals surface area contributed by atoms with Gasteiger partial charge in [0.25, 0.3) is 0 Å². The summed E-state index contributed by atoms with van der Waals surface area (Å²) < 4.78 is 28.5. The Morgan fingerprint density at radius 1 is 1.47 bits per heavy atom. The number of hydrogen-bond acceptors (Lipinski definition) is 5. The Morgan fingerprint density at radius 3 is 2.40 bits per heavy atom. The zero-order chi connectivity index (χ0) is 12.1. The summed E-state index contributed by atoms with van der Waals surface area (Å²) in [7, 11) is -3.95. The molecule has 0 aromatic carbocycles. The van der Waals surface area contributed by atoms with Crippen LogP contribution in [0.25, 0.3) is 0 Å². The molecule has 0 spiro atoms. The van der Waals surface area contributed by atoms with Crippen LogP contribution in [-0.2, 0) is 24.3 Å². The predicted octanol–water partition coefficient (Wildman–Crippen LogP) is -1.06. The van der Waals surface area contributed by atoms with Gasteiger partial charge in [-0.1, -0.05) is 0 Å². The summed E-state index contributed by atoms with van der Waals surface area (Å²) in [6, 6.07) is -1.27. The molecule has 0 saturated carbocycles. The number of carboxylic acids is 1. The third-order valence-electron chi connectivity index (χ3n) is 1.34. The van der Waals surface area contributed by atoms with Gasteiger partial charge >= 0.3 is 11.9 Å². The van der Waals surface area contributed by atoms with Crippen LogP contribution in [0.1, 0.15) is 13.8 Å². The van der Waals surface area contributed by atoms with Crippen LogP contribution in [0.2, 0.25) is 0 Å². The molecule has 0 heterocycles. The van der Waals surface area contributed by atoms with Crippen molar-refractivity contribution in [1.29, 1.82) is 0 Å². The molecule has 0 fully saturated rings. The Hall–Kier alpha value is -1.15. The van der Waals surface area contributed by atoms with E-state index in [2.05, 4.69) is 4.74 Å². The van der Waals surface area contributed by atoms with Gasteiger partial charge in [-0.2, -0.15) is 0 Å². The number of rotatable bonds is 6. The second-order valence-corrected chi connectivity index (χ2v) is 4.50. The predicted molar refractivity (Wildman–Crippen MR) is 50.7 cm³/mol. The van der Waals surface area contributed by atoms with Gasteiger partial charge in [-0.05, 0) is 13.8 Å². The highest BCUT2D eigenvalue weighted by molar-refractivity contribution is 7.90.